The van der Waals surface area contributed by atoms with Crippen LogP contribution >= 0.6 is 11.6 Å². The van der Waals surface area contributed by atoms with Gasteiger partial charge in [-0.15, -0.1) is 5.10 Å². The Morgan fingerprint density at radius 2 is 2.00 bits per heavy atom. The summed E-state index contributed by atoms with van der Waals surface area (Å²) in [6.07, 6.45) is 0.635. The van der Waals surface area contributed by atoms with Crippen molar-refractivity contribution in [2.45, 2.75) is 23.1 Å². The summed E-state index contributed by atoms with van der Waals surface area (Å²) in [7, 11) is -0.623. The maximum atomic E-state index is 13.5. The van der Waals surface area contributed by atoms with Gasteiger partial charge >= 0.3 is 0 Å². The summed E-state index contributed by atoms with van der Waals surface area (Å²) in [5.41, 5.74) is 1.71. The van der Waals surface area contributed by atoms with Gasteiger partial charge in [0, 0.05) is 31.4 Å². The first kappa shape index (κ1) is 19.5. The fraction of sp³-hybridized carbons (Fsp3) is 0.294. The van der Waals surface area contributed by atoms with Crippen LogP contribution in [0.15, 0.2) is 34.1 Å². The molecule has 0 unspecified atom stereocenters. The predicted octanol–water partition coefficient (Wildman–Crippen LogP) is 2.47. The number of nitrogens with zero attached hydrogens (tertiary/aromatic N) is 3. The normalized spacial score (nSPS) is 11.9. The largest absolute Gasteiger partial charge is 0.370 e. The zero-order valence-electron chi connectivity index (χ0n) is 15.0. The van der Waals surface area contributed by atoms with Crippen LogP contribution in [0.2, 0.25) is 5.02 Å². The van der Waals surface area contributed by atoms with E-state index in [4.69, 9.17) is 11.6 Å². The van der Waals surface area contributed by atoms with Gasteiger partial charge in [-0.1, -0.05) is 11.6 Å². The molecule has 0 atom stereocenters. The Hall–Kier alpha value is -2.23. The highest BCUT2D eigenvalue weighted by molar-refractivity contribution is 7.91. The second-order valence-corrected chi connectivity index (χ2v) is 8.28. The number of sulfone groups is 1. The van der Waals surface area contributed by atoms with Crippen molar-refractivity contribution in [2.24, 2.45) is 0 Å². The maximum Gasteiger partial charge on any atom is 0.214 e. The van der Waals surface area contributed by atoms with Crippen molar-refractivity contribution in [3.8, 4) is 0 Å². The number of aromatic nitrogens is 3. The topological polar surface area (TPSA) is 88.4 Å². The van der Waals surface area contributed by atoms with E-state index in [9.17, 15) is 12.8 Å². The molecule has 0 aliphatic rings. The molecule has 0 bridgehead atoms. The molecule has 10 heteroatoms. The van der Waals surface area contributed by atoms with Crippen LogP contribution < -0.4 is 10.6 Å². The van der Waals surface area contributed by atoms with Gasteiger partial charge in [-0.2, -0.15) is 0 Å². The maximum absolute atomic E-state index is 13.5. The Bertz CT molecular complexity index is 1110. The average Bonchev–Trinajstić information content (AvgIpc) is 3.02. The van der Waals surface area contributed by atoms with E-state index in [1.807, 2.05) is 20.0 Å². The number of anilines is 1. The van der Waals surface area contributed by atoms with Gasteiger partial charge in [0.15, 0.2) is 16.4 Å². The van der Waals surface area contributed by atoms with Crippen LogP contribution in [-0.2, 0) is 16.3 Å². The van der Waals surface area contributed by atoms with E-state index in [0.717, 1.165) is 23.5 Å². The van der Waals surface area contributed by atoms with Crippen molar-refractivity contribution >= 4 is 32.9 Å². The molecular formula is C17H19ClFN5O2S. The van der Waals surface area contributed by atoms with Crippen LogP contribution in [0, 0.1) is 12.7 Å². The van der Waals surface area contributed by atoms with Crippen molar-refractivity contribution in [3.05, 3.63) is 46.5 Å². The van der Waals surface area contributed by atoms with Gasteiger partial charge in [-0.05, 0) is 38.2 Å². The minimum absolute atomic E-state index is 0.0675. The Balaban J connectivity index is 2.27. The molecule has 0 saturated heterocycles. The lowest BCUT2D eigenvalue weighted by molar-refractivity contribution is 0.595. The van der Waals surface area contributed by atoms with Gasteiger partial charge in [0.25, 0.3) is 0 Å². The van der Waals surface area contributed by atoms with Gasteiger partial charge in [0.2, 0.25) is 9.84 Å². The molecule has 27 heavy (non-hydrogen) atoms. The molecule has 2 heterocycles. The van der Waals surface area contributed by atoms with E-state index < -0.39 is 15.7 Å². The molecule has 0 amide bonds. The summed E-state index contributed by atoms with van der Waals surface area (Å²) in [5, 5.41) is 9.90. The van der Waals surface area contributed by atoms with Gasteiger partial charge in [0.1, 0.15) is 5.82 Å². The molecule has 0 aliphatic carbocycles. The van der Waals surface area contributed by atoms with Crippen LogP contribution in [0.25, 0.3) is 5.65 Å². The van der Waals surface area contributed by atoms with Crippen LogP contribution in [0.3, 0.4) is 0 Å². The fourth-order valence-corrected chi connectivity index (χ4v) is 4.53. The summed E-state index contributed by atoms with van der Waals surface area (Å²) in [6, 6.07) is 5.16. The first-order valence-corrected chi connectivity index (χ1v) is 10.1. The summed E-state index contributed by atoms with van der Waals surface area (Å²) in [4.78, 5) is 4.32. The second-order valence-electron chi connectivity index (χ2n) is 5.98. The lowest BCUT2D eigenvalue weighted by Crippen LogP contribution is -2.12. The fourth-order valence-electron chi connectivity index (χ4n) is 2.76. The highest BCUT2D eigenvalue weighted by Crippen LogP contribution is 2.32. The summed E-state index contributed by atoms with van der Waals surface area (Å²) in [5.74, 6) is -0.524. The van der Waals surface area contributed by atoms with Crippen LogP contribution in [0.4, 0.5) is 10.2 Å². The molecule has 144 valence electrons. The number of hydrogen-bond acceptors (Lipinski definition) is 6. The summed E-state index contributed by atoms with van der Waals surface area (Å²) < 4.78 is 41.5. The van der Waals surface area contributed by atoms with E-state index in [1.54, 1.807) is 7.05 Å². The molecule has 2 N–H and O–H groups in total. The van der Waals surface area contributed by atoms with E-state index in [0.29, 0.717) is 13.0 Å². The molecule has 2 aromatic heterocycles. The molecule has 3 rings (SSSR count). The Kier molecular flexibility index (Phi) is 5.36. The van der Waals surface area contributed by atoms with Gasteiger partial charge in [0.05, 0.1) is 9.92 Å². The number of rotatable bonds is 6. The highest BCUT2D eigenvalue weighted by atomic mass is 35.5. The number of aryl methyl sites for hydroxylation is 1. The third-order valence-electron chi connectivity index (χ3n) is 4.12. The van der Waals surface area contributed by atoms with Crippen molar-refractivity contribution in [1.29, 1.82) is 0 Å². The summed E-state index contributed by atoms with van der Waals surface area (Å²) in [6.45, 7) is 2.53. The van der Waals surface area contributed by atoms with E-state index in [-0.39, 0.29) is 26.3 Å². The van der Waals surface area contributed by atoms with E-state index in [1.165, 1.54) is 10.6 Å². The number of halogens is 2. The minimum Gasteiger partial charge on any atom is -0.370 e. The van der Waals surface area contributed by atoms with Gasteiger partial charge in [-0.3, -0.25) is 0 Å². The third-order valence-corrected chi connectivity index (χ3v) is 6.19. The first-order valence-electron chi connectivity index (χ1n) is 8.21. The van der Waals surface area contributed by atoms with Crippen molar-refractivity contribution in [2.75, 3.05) is 26.0 Å². The Morgan fingerprint density at radius 1 is 1.26 bits per heavy atom. The molecule has 0 saturated carbocycles. The zero-order chi connectivity index (χ0) is 19.8. The van der Waals surface area contributed by atoms with Crippen LogP contribution in [0.1, 0.15) is 11.4 Å². The zero-order valence-corrected chi connectivity index (χ0v) is 16.6. The van der Waals surface area contributed by atoms with Crippen LogP contribution in [0.5, 0.6) is 0 Å². The lowest BCUT2D eigenvalue weighted by atomic mass is 10.2. The summed E-state index contributed by atoms with van der Waals surface area (Å²) >= 11 is 5.78. The van der Waals surface area contributed by atoms with E-state index in [2.05, 4.69) is 20.7 Å². The quantitative estimate of drug-likeness (QED) is 0.606. The van der Waals surface area contributed by atoms with Crippen molar-refractivity contribution < 1.29 is 12.8 Å². The molecule has 1 aromatic carbocycles. The Morgan fingerprint density at radius 3 is 2.63 bits per heavy atom. The molecule has 0 radical (unpaired) electrons. The van der Waals surface area contributed by atoms with Gasteiger partial charge in [-0.25, -0.2) is 22.3 Å². The molecular weight excluding hydrogens is 393 g/mol. The smallest absolute Gasteiger partial charge is 0.214 e. The number of hydrogen-bond donors (Lipinski definition) is 2. The average molecular weight is 412 g/mol. The number of benzene rings is 1. The predicted molar refractivity (Wildman–Crippen MR) is 102 cm³/mol. The number of nitrogens with one attached hydrogen (secondary N) is 2. The molecule has 0 aliphatic heterocycles. The lowest BCUT2D eigenvalue weighted by Gasteiger charge is -2.08. The molecule has 0 spiro atoms. The minimum atomic E-state index is -4.03. The van der Waals surface area contributed by atoms with Crippen LogP contribution in [-0.4, -0.2) is 43.7 Å². The SMILES string of the molecule is CNCCc1cc(C)n2nc(NC)c(S(=O)(=O)c3ccc(F)c(Cl)c3)c2n1. The van der Waals surface area contributed by atoms with Gasteiger partial charge < -0.3 is 10.6 Å². The monoisotopic (exact) mass is 411 g/mol. The molecule has 7 nitrogen and oxygen atoms in total. The number of fused-ring (bicyclic) bond motifs is 1. The first-order chi connectivity index (χ1) is 12.8. The third kappa shape index (κ3) is 3.50. The number of likely N-dealkylation sites (N-methyl/N-ethyl adjacent to an activating group) is 1. The standard InChI is InChI=1S/C17H19ClFN5O2S/c1-10-8-11(6-7-20-2)22-17-15(16(21-3)23-24(10)17)27(25,26)12-4-5-14(19)13(18)9-12/h4-5,8-9,20H,6-7H2,1-3H3,(H,21,23). The highest BCUT2D eigenvalue weighted by Gasteiger charge is 2.29. The van der Waals surface area contributed by atoms with Crippen molar-refractivity contribution in [1.82, 2.24) is 19.9 Å². The molecule has 0 fully saturated rings. The second kappa shape index (κ2) is 7.41. The van der Waals surface area contributed by atoms with E-state index >= 15 is 0 Å². The molecule has 3 aromatic rings. The van der Waals surface area contributed by atoms with Crippen molar-refractivity contribution in [3.63, 3.8) is 0 Å². The Labute approximate surface area is 161 Å².